The molecule has 3 amide bonds. The summed E-state index contributed by atoms with van der Waals surface area (Å²) in [7, 11) is 1.55. The molecular formula is C28H28N2O6. The van der Waals surface area contributed by atoms with Gasteiger partial charge in [0.15, 0.2) is 0 Å². The molecule has 3 atom stereocenters. The number of fused-ring (bicyclic) bond motifs is 1. The minimum absolute atomic E-state index is 0.0557. The van der Waals surface area contributed by atoms with Crippen LogP contribution in [0.3, 0.4) is 0 Å². The second-order valence-corrected chi connectivity index (χ2v) is 9.69. The SMILES string of the molecule is COc1cccc(N2C[C@H](C(=O)Oc3ccc(N4C(=O)[C@@H]5CC=C(C)C[C@H]5C4=O)c(C)c3)CC2=O)c1. The molecule has 1 aliphatic carbocycles. The summed E-state index contributed by atoms with van der Waals surface area (Å²) in [6, 6.07) is 12.0. The zero-order valence-corrected chi connectivity index (χ0v) is 20.5. The number of hydrogen-bond acceptors (Lipinski definition) is 6. The van der Waals surface area contributed by atoms with Crippen molar-refractivity contribution >= 4 is 35.1 Å². The number of rotatable bonds is 5. The second kappa shape index (κ2) is 9.26. The number of carbonyl (C=O) groups excluding carboxylic acids is 4. The highest BCUT2D eigenvalue weighted by Gasteiger charge is 2.49. The van der Waals surface area contributed by atoms with Gasteiger partial charge in [0.2, 0.25) is 17.7 Å². The van der Waals surface area contributed by atoms with Crippen molar-refractivity contribution in [3.63, 3.8) is 0 Å². The summed E-state index contributed by atoms with van der Waals surface area (Å²) in [5, 5.41) is 0. The van der Waals surface area contributed by atoms with Gasteiger partial charge in [0.25, 0.3) is 0 Å². The monoisotopic (exact) mass is 488 g/mol. The van der Waals surface area contributed by atoms with Crippen molar-refractivity contribution in [3.8, 4) is 11.5 Å². The highest BCUT2D eigenvalue weighted by atomic mass is 16.5. The molecule has 2 fully saturated rings. The van der Waals surface area contributed by atoms with E-state index in [9.17, 15) is 19.2 Å². The Bertz CT molecular complexity index is 1300. The largest absolute Gasteiger partial charge is 0.497 e. The Labute approximate surface area is 209 Å². The van der Waals surface area contributed by atoms with Gasteiger partial charge in [0.05, 0.1) is 30.6 Å². The molecular weight excluding hydrogens is 460 g/mol. The number of imide groups is 1. The van der Waals surface area contributed by atoms with E-state index in [2.05, 4.69) is 0 Å². The lowest BCUT2D eigenvalue weighted by atomic mass is 9.82. The van der Waals surface area contributed by atoms with Crippen LogP contribution in [0, 0.1) is 24.7 Å². The van der Waals surface area contributed by atoms with Crippen LogP contribution in [0.4, 0.5) is 11.4 Å². The highest BCUT2D eigenvalue weighted by molar-refractivity contribution is 6.22. The first-order valence-corrected chi connectivity index (χ1v) is 12.1. The van der Waals surface area contributed by atoms with Crippen LogP contribution in [-0.2, 0) is 19.2 Å². The number of aryl methyl sites for hydroxylation is 1. The van der Waals surface area contributed by atoms with Crippen molar-refractivity contribution in [1.29, 1.82) is 0 Å². The van der Waals surface area contributed by atoms with Crippen molar-refractivity contribution in [2.75, 3.05) is 23.5 Å². The molecule has 0 radical (unpaired) electrons. The Morgan fingerprint density at radius 3 is 2.47 bits per heavy atom. The van der Waals surface area contributed by atoms with Crippen LogP contribution in [0.1, 0.15) is 31.7 Å². The zero-order chi connectivity index (χ0) is 25.6. The first kappa shape index (κ1) is 23.8. The first-order chi connectivity index (χ1) is 17.3. The van der Waals surface area contributed by atoms with Crippen LogP contribution in [0.25, 0.3) is 0 Å². The number of methoxy groups -OCH3 is 1. The molecule has 8 nitrogen and oxygen atoms in total. The number of esters is 1. The van der Waals surface area contributed by atoms with Crippen molar-refractivity contribution in [2.24, 2.45) is 17.8 Å². The number of amides is 3. The van der Waals surface area contributed by atoms with E-state index in [4.69, 9.17) is 9.47 Å². The third-order valence-corrected chi connectivity index (χ3v) is 7.27. The topological polar surface area (TPSA) is 93.2 Å². The lowest BCUT2D eigenvalue weighted by Crippen LogP contribution is -2.31. The normalized spacial score (nSPS) is 23.6. The molecule has 2 aromatic carbocycles. The fourth-order valence-corrected chi connectivity index (χ4v) is 5.31. The van der Waals surface area contributed by atoms with Crippen molar-refractivity contribution in [3.05, 3.63) is 59.7 Å². The molecule has 2 aromatic rings. The van der Waals surface area contributed by atoms with Gasteiger partial charge in [-0.1, -0.05) is 17.7 Å². The Hall–Kier alpha value is -3.94. The van der Waals surface area contributed by atoms with E-state index in [0.717, 1.165) is 5.57 Å². The van der Waals surface area contributed by atoms with Crippen LogP contribution < -0.4 is 19.3 Å². The maximum atomic E-state index is 13.1. The molecule has 3 aliphatic rings. The van der Waals surface area contributed by atoms with E-state index in [1.54, 1.807) is 61.4 Å². The van der Waals surface area contributed by atoms with E-state index in [1.807, 2.05) is 13.0 Å². The average Bonchev–Trinajstić information content (AvgIpc) is 3.37. The van der Waals surface area contributed by atoms with Gasteiger partial charge in [0.1, 0.15) is 11.5 Å². The molecule has 2 heterocycles. The fourth-order valence-electron chi connectivity index (χ4n) is 5.31. The van der Waals surface area contributed by atoms with E-state index < -0.39 is 11.9 Å². The predicted molar refractivity (Wildman–Crippen MR) is 133 cm³/mol. The van der Waals surface area contributed by atoms with Gasteiger partial charge in [-0.05, 0) is 62.6 Å². The minimum Gasteiger partial charge on any atom is -0.497 e. The molecule has 0 bridgehead atoms. The van der Waals surface area contributed by atoms with Gasteiger partial charge in [-0.25, -0.2) is 4.90 Å². The number of anilines is 2. The summed E-state index contributed by atoms with van der Waals surface area (Å²) in [6.07, 6.45) is 3.28. The van der Waals surface area contributed by atoms with Gasteiger partial charge >= 0.3 is 5.97 Å². The lowest BCUT2D eigenvalue weighted by Gasteiger charge is -2.19. The quantitative estimate of drug-likeness (QED) is 0.275. The Morgan fingerprint density at radius 1 is 0.944 bits per heavy atom. The summed E-state index contributed by atoms with van der Waals surface area (Å²) in [5.41, 5.74) is 2.97. The summed E-state index contributed by atoms with van der Waals surface area (Å²) in [4.78, 5) is 54.4. The molecule has 36 heavy (non-hydrogen) atoms. The minimum atomic E-state index is -0.607. The molecule has 2 aliphatic heterocycles. The lowest BCUT2D eigenvalue weighted by molar-refractivity contribution is -0.139. The van der Waals surface area contributed by atoms with Crippen LogP contribution in [0.5, 0.6) is 11.5 Å². The van der Waals surface area contributed by atoms with Crippen molar-refractivity contribution in [2.45, 2.75) is 33.1 Å². The number of hydrogen-bond donors (Lipinski definition) is 0. The zero-order valence-electron chi connectivity index (χ0n) is 20.5. The number of ether oxygens (including phenoxy) is 2. The van der Waals surface area contributed by atoms with Gasteiger partial charge in [-0.15, -0.1) is 0 Å². The Morgan fingerprint density at radius 2 is 1.72 bits per heavy atom. The van der Waals surface area contributed by atoms with Gasteiger partial charge in [-0.3, -0.25) is 19.2 Å². The molecule has 2 saturated heterocycles. The molecule has 0 N–H and O–H groups in total. The number of nitrogens with zero attached hydrogens (tertiary/aromatic N) is 2. The highest BCUT2D eigenvalue weighted by Crippen LogP contribution is 2.41. The Balaban J connectivity index is 1.28. The molecule has 0 unspecified atom stereocenters. The molecule has 0 spiro atoms. The van der Waals surface area contributed by atoms with Crippen LogP contribution >= 0.6 is 0 Å². The Kier molecular flexibility index (Phi) is 6.12. The number of allylic oxidation sites excluding steroid dienone is 2. The van der Waals surface area contributed by atoms with E-state index in [0.29, 0.717) is 41.3 Å². The summed E-state index contributed by atoms with van der Waals surface area (Å²) >= 11 is 0. The average molecular weight is 489 g/mol. The first-order valence-electron chi connectivity index (χ1n) is 12.1. The smallest absolute Gasteiger partial charge is 0.316 e. The number of carbonyl (C=O) groups is 4. The van der Waals surface area contributed by atoms with E-state index in [-0.39, 0.29) is 42.5 Å². The summed E-state index contributed by atoms with van der Waals surface area (Å²) in [5.74, 6) is -1.31. The second-order valence-electron chi connectivity index (χ2n) is 9.69. The third-order valence-electron chi connectivity index (χ3n) is 7.27. The molecule has 5 rings (SSSR count). The van der Waals surface area contributed by atoms with Crippen molar-refractivity contribution in [1.82, 2.24) is 0 Å². The standard InChI is InChI=1S/C28H28N2O6/c1-16-7-9-22-23(11-16)27(33)30(26(22)32)24-10-8-21(12-17(24)2)36-28(34)18-13-25(31)29(15-18)19-5-4-6-20(14-19)35-3/h4-8,10,12,14,18,22-23H,9,11,13,15H2,1-3H3/t18-,22-,23-/m1/s1. The molecule has 186 valence electrons. The summed E-state index contributed by atoms with van der Waals surface area (Å²) in [6.45, 7) is 3.98. The molecule has 0 saturated carbocycles. The van der Waals surface area contributed by atoms with E-state index in [1.165, 1.54) is 4.90 Å². The van der Waals surface area contributed by atoms with Gasteiger partial charge in [0, 0.05) is 24.7 Å². The fraction of sp³-hybridized carbons (Fsp3) is 0.357. The van der Waals surface area contributed by atoms with Crippen LogP contribution in [0.15, 0.2) is 54.1 Å². The van der Waals surface area contributed by atoms with Gasteiger partial charge < -0.3 is 14.4 Å². The van der Waals surface area contributed by atoms with Crippen LogP contribution in [0.2, 0.25) is 0 Å². The summed E-state index contributed by atoms with van der Waals surface area (Å²) < 4.78 is 10.8. The maximum absolute atomic E-state index is 13.1. The van der Waals surface area contributed by atoms with Crippen molar-refractivity contribution < 1.29 is 28.7 Å². The third kappa shape index (κ3) is 4.17. The van der Waals surface area contributed by atoms with E-state index >= 15 is 0 Å². The maximum Gasteiger partial charge on any atom is 0.316 e. The predicted octanol–water partition coefficient (Wildman–Crippen LogP) is 3.81. The number of benzene rings is 2. The molecule has 0 aromatic heterocycles. The van der Waals surface area contributed by atoms with Gasteiger partial charge in [-0.2, -0.15) is 0 Å². The van der Waals surface area contributed by atoms with Crippen LogP contribution in [-0.4, -0.2) is 37.3 Å². The molecule has 8 heteroatoms.